The molecule has 0 unspecified atom stereocenters. The summed E-state index contributed by atoms with van der Waals surface area (Å²) in [5.41, 5.74) is 4.33. The van der Waals surface area contributed by atoms with E-state index in [4.69, 9.17) is 0 Å². The molecule has 4 rings (SSSR count). The van der Waals surface area contributed by atoms with Crippen molar-refractivity contribution in [3.8, 4) is 0 Å². The van der Waals surface area contributed by atoms with Crippen molar-refractivity contribution in [2.75, 3.05) is 11.4 Å². The molecule has 1 aromatic carbocycles. The molecule has 0 atom stereocenters. The molecule has 3 aromatic rings. The molecule has 9 heteroatoms. The average molecular weight is 366 g/mol. The molecule has 27 heavy (non-hydrogen) atoms. The number of carbonyl (C=O) groups is 1. The van der Waals surface area contributed by atoms with Gasteiger partial charge < -0.3 is 4.90 Å². The fourth-order valence-electron chi connectivity index (χ4n) is 3.62. The zero-order valence-corrected chi connectivity index (χ0v) is 15.0. The number of non-ortho nitro benzene ring substituents is 1. The number of carbonyl (C=O) groups excluding carboxylic acids is 1. The van der Waals surface area contributed by atoms with Crippen LogP contribution in [0.1, 0.15) is 28.9 Å². The van der Waals surface area contributed by atoms with E-state index in [2.05, 4.69) is 15.1 Å². The summed E-state index contributed by atoms with van der Waals surface area (Å²) in [6.45, 7) is 4.38. The smallest absolute Gasteiger partial charge is 0.271 e. The average Bonchev–Trinajstić information content (AvgIpc) is 3.27. The van der Waals surface area contributed by atoms with E-state index in [-0.39, 0.29) is 11.6 Å². The number of hydrogen-bond donors (Lipinski definition) is 0. The number of nitro benzene ring substituents is 1. The number of aromatic nitrogens is 4. The summed E-state index contributed by atoms with van der Waals surface area (Å²) in [7, 11) is 0. The van der Waals surface area contributed by atoms with Crippen LogP contribution in [0.25, 0.3) is 5.78 Å². The Morgan fingerprint density at radius 1 is 1.33 bits per heavy atom. The second-order valence-electron chi connectivity index (χ2n) is 6.60. The van der Waals surface area contributed by atoms with Gasteiger partial charge in [0.05, 0.1) is 10.6 Å². The van der Waals surface area contributed by atoms with Crippen LogP contribution in [-0.4, -0.2) is 37.0 Å². The SMILES string of the molecule is Cc1nc2ncnn2c(C)c1CCC(=O)N1CCc2ccc([N+](=O)[O-])cc21. The first-order valence-corrected chi connectivity index (χ1v) is 8.69. The number of amides is 1. The Kier molecular flexibility index (Phi) is 4.06. The topological polar surface area (TPSA) is 107 Å². The Morgan fingerprint density at radius 2 is 2.15 bits per heavy atom. The lowest BCUT2D eigenvalue weighted by atomic mass is 10.1. The van der Waals surface area contributed by atoms with Gasteiger partial charge in [-0.15, -0.1) is 0 Å². The van der Waals surface area contributed by atoms with Crippen LogP contribution in [0.2, 0.25) is 0 Å². The van der Waals surface area contributed by atoms with Gasteiger partial charge in [-0.25, -0.2) is 9.50 Å². The summed E-state index contributed by atoms with van der Waals surface area (Å²) in [5, 5.41) is 15.2. The van der Waals surface area contributed by atoms with Gasteiger partial charge in [0, 0.05) is 36.5 Å². The normalized spacial score (nSPS) is 13.2. The minimum Gasteiger partial charge on any atom is -0.312 e. The zero-order valence-electron chi connectivity index (χ0n) is 15.0. The number of rotatable bonds is 4. The maximum Gasteiger partial charge on any atom is 0.271 e. The van der Waals surface area contributed by atoms with Gasteiger partial charge in [0.2, 0.25) is 5.91 Å². The van der Waals surface area contributed by atoms with E-state index < -0.39 is 4.92 Å². The third kappa shape index (κ3) is 2.90. The van der Waals surface area contributed by atoms with Gasteiger partial charge in [0.15, 0.2) is 0 Å². The molecule has 2 aromatic heterocycles. The highest BCUT2D eigenvalue weighted by atomic mass is 16.6. The lowest BCUT2D eigenvalue weighted by Gasteiger charge is -2.18. The number of anilines is 1. The van der Waals surface area contributed by atoms with Crippen molar-refractivity contribution < 1.29 is 9.72 Å². The van der Waals surface area contributed by atoms with Crippen molar-refractivity contribution in [1.29, 1.82) is 0 Å². The molecule has 1 aliphatic heterocycles. The number of fused-ring (bicyclic) bond motifs is 2. The van der Waals surface area contributed by atoms with E-state index in [1.165, 1.54) is 18.5 Å². The van der Waals surface area contributed by atoms with E-state index in [0.717, 1.165) is 22.5 Å². The van der Waals surface area contributed by atoms with Gasteiger partial charge in [-0.2, -0.15) is 10.1 Å². The number of aryl methyl sites for hydroxylation is 2. The second-order valence-corrected chi connectivity index (χ2v) is 6.60. The molecular formula is C18H18N6O3. The van der Waals surface area contributed by atoms with E-state index in [1.807, 2.05) is 13.8 Å². The predicted molar refractivity (Wildman–Crippen MR) is 97.7 cm³/mol. The van der Waals surface area contributed by atoms with Crippen LogP contribution in [0.4, 0.5) is 11.4 Å². The highest BCUT2D eigenvalue weighted by Gasteiger charge is 2.26. The zero-order chi connectivity index (χ0) is 19.1. The molecule has 0 saturated carbocycles. The Labute approximate surface area is 154 Å². The number of nitro groups is 1. The van der Waals surface area contributed by atoms with Crippen LogP contribution >= 0.6 is 0 Å². The number of hydrogen-bond acceptors (Lipinski definition) is 6. The maximum absolute atomic E-state index is 12.8. The molecule has 0 N–H and O–H groups in total. The highest BCUT2D eigenvalue weighted by Crippen LogP contribution is 2.32. The first-order chi connectivity index (χ1) is 13.0. The Bertz CT molecular complexity index is 1070. The molecule has 1 aliphatic rings. The molecule has 138 valence electrons. The van der Waals surface area contributed by atoms with Gasteiger partial charge >= 0.3 is 0 Å². The van der Waals surface area contributed by atoms with Crippen molar-refractivity contribution >= 4 is 23.1 Å². The first kappa shape index (κ1) is 17.1. The lowest BCUT2D eigenvalue weighted by Crippen LogP contribution is -2.29. The minimum absolute atomic E-state index is 0.000901. The van der Waals surface area contributed by atoms with Crippen molar-refractivity contribution in [3.63, 3.8) is 0 Å². The van der Waals surface area contributed by atoms with Gasteiger partial charge in [-0.05, 0) is 37.8 Å². The van der Waals surface area contributed by atoms with Crippen molar-refractivity contribution in [3.05, 3.63) is 57.2 Å². The molecule has 0 fully saturated rings. The molecule has 0 aliphatic carbocycles. The fraction of sp³-hybridized carbons (Fsp3) is 0.333. The maximum atomic E-state index is 12.8. The molecule has 3 heterocycles. The summed E-state index contributed by atoms with van der Waals surface area (Å²) in [5.74, 6) is 0.493. The van der Waals surface area contributed by atoms with Gasteiger partial charge in [-0.1, -0.05) is 6.07 Å². The quantitative estimate of drug-likeness (QED) is 0.517. The molecule has 9 nitrogen and oxygen atoms in total. The van der Waals surface area contributed by atoms with Crippen molar-refractivity contribution in [2.24, 2.45) is 0 Å². The predicted octanol–water partition coefficient (Wildman–Crippen LogP) is 2.17. The van der Waals surface area contributed by atoms with Crippen LogP contribution in [0.5, 0.6) is 0 Å². The summed E-state index contributed by atoms with van der Waals surface area (Å²) in [6, 6.07) is 4.70. The largest absolute Gasteiger partial charge is 0.312 e. The Hall–Kier alpha value is -3.36. The molecule has 0 bridgehead atoms. The molecule has 0 saturated heterocycles. The van der Waals surface area contributed by atoms with Crippen LogP contribution in [0.3, 0.4) is 0 Å². The summed E-state index contributed by atoms with van der Waals surface area (Å²) in [4.78, 5) is 33.6. The highest BCUT2D eigenvalue weighted by molar-refractivity contribution is 5.96. The standard InChI is InChI=1S/C18H18N6O3/c1-11-15(12(2)23-18(21-11)19-10-20-23)5-6-17(25)22-8-7-13-3-4-14(24(26)27)9-16(13)22/h3-4,9-10H,5-8H2,1-2H3. The summed E-state index contributed by atoms with van der Waals surface area (Å²) >= 11 is 0. The monoisotopic (exact) mass is 366 g/mol. The van der Waals surface area contributed by atoms with E-state index in [0.29, 0.717) is 37.3 Å². The minimum atomic E-state index is -0.438. The number of benzene rings is 1. The second kappa shape index (κ2) is 6.42. The fourth-order valence-corrected chi connectivity index (χ4v) is 3.62. The summed E-state index contributed by atoms with van der Waals surface area (Å²) < 4.78 is 1.67. The lowest BCUT2D eigenvalue weighted by molar-refractivity contribution is -0.384. The van der Waals surface area contributed by atoms with Gasteiger partial charge in [0.1, 0.15) is 6.33 Å². The molecule has 0 radical (unpaired) electrons. The first-order valence-electron chi connectivity index (χ1n) is 8.69. The Morgan fingerprint density at radius 3 is 2.93 bits per heavy atom. The van der Waals surface area contributed by atoms with E-state index >= 15 is 0 Å². The van der Waals surface area contributed by atoms with E-state index in [9.17, 15) is 14.9 Å². The molecule has 1 amide bonds. The third-order valence-corrected chi connectivity index (χ3v) is 5.05. The summed E-state index contributed by atoms with van der Waals surface area (Å²) in [6.07, 6.45) is 2.99. The Balaban J connectivity index is 1.55. The number of nitrogens with zero attached hydrogens (tertiary/aromatic N) is 6. The van der Waals surface area contributed by atoms with Gasteiger partial charge in [0.25, 0.3) is 11.5 Å². The van der Waals surface area contributed by atoms with Crippen molar-refractivity contribution in [1.82, 2.24) is 19.6 Å². The molecular weight excluding hydrogens is 348 g/mol. The van der Waals surface area contributed by atoms with Crippen molar-refractivity contribution in [2.45, 2.75) is 33.1 Å². The van der Waals surface area contributed by atoms with Crippen LogP contribution in [0, 0.1) is 24.0 Å². The third-order valence-electron chi connectivity index (χ3n) is 5.05. The molecule has 0 spiro atoms. The van der Waals surface area contributed by atoms with E-state index in [1.54, 1.807) is 15.5 Å². The van der Waals surface area contributed by atoms with Crippen LogP contribution in [-0.2, 0) is 17.6 Å². The van der Waals surface area contributed by atoms with Crippen LogP contribution in [0.15, 0.2) is 24.5 Å². The van der Waals surface area contributed by atoms with Gasteiger partial charge in [-0.3, -0.25) is 14.9 Å². The van der Waals surface area contributed by atoms with Crippen LogP contribution < -0.4 is 4.90 Å².